The molecule has 136 heavy (non-hydrogen) atoms. The molecule has 24 aromatic rings. The second kappa shape index (κ2) is 40.2. The van der Waals surface area contributed by atoms with Gasteiger partial charge in [-0.05, 0) is 231 Å². The van der Waals surface area contributed by atoms with Crippen LogP contribution >= 0.6 is 0 Å². The number of aryl methyl sites for hydroxylation is 2. The minimum atomic E-state index is 0. The molecule has 0 saturated heterocycles. The van der Waals surface area contributed by atoms with Crippen LogP contribution in [0.2, 0.25) is 0 Å². The maximum absolute atomic E-state index is 5.19. The second-order valence-corrected chi connectivity index (χ2v) is 33.3. The van der Waals surface area contributed by atoms with E-state index in [1.165, 1.54) is 32.9 Å². The molecule has 0 fully saturated rings. The molecule has 0 bridgehead atoms. The third-order valence-corrected chi connectivity index (χ3v) is 24.5. The van der Waals surface area contributed by atoms with Gasteiger partial charge in [-0.2, -0.15) is 10.2 Å². The van der Waals surface area contributed by atoms with Crippen LogP contribution in [-0.2, 0) is 0 Å². The molecule has 0 aliphatic rings. The number of hydrogen-bond donors (Lipinski definition) is 0. The van der Waals surface area contributed by atoms with Crippen LogP contribution in [0.3, 0.4) is 0 Å². The number of para-hydroxylation sites is 4. The van der Waals surface area contributed by atoms with Gasteiger partial charge in [0.1, 0.15) is 0 Å². The zero-order valence-electron chi connectivity index (χ0n) is 74.3. The maximum Gasteiger partial charge on any atom is 0.0934 e. The van der Waals surface area contributed by atoms with E-state index in [1.807, 2.05) is 84.9 Å². The van der Waals surface area contributed by atoms with Crippen molar-refractivity contribution < 1.29 is 0 Å². The summed E-state index contributed by atoms with van der Waals surface area (Å²) in [6.07, 6.45) is 4.34. The molecule has 0 atom stereocenters. The lowest BCUT2D eigenvalue weighted by Crippen LogP contribution is -2.09. The van der Waals surface area contributed by atoms with Gasteiger partial charge in [-0.25, -0.2) is 9.36 Å². The van der Waals surface area contributed by atoms with Crippen molar-refractivity contribution in [1.29, 1.82) is 0 Å². The van der Waals surface area contributed by atoms with Crippen molar-refractivity contribution in [3.8, 4) is 102 Å². The highest BCUT2D eigenvalue weighted by atomic mass is 15.3. The molecular weight excluding hydrogens is 1650 g/mol. The summed E-state index contributed by atoms with van der Waals surface area (Å²) in [7, 11) is 0. The highest BCUT2D eigenvalue weighted by Crippen LogP contribution is 2.43. The molecule has 18 aromatic carbocycles. The number of anilines is 6. The van der Waals surface area contributed by atoms with Crippen molar-refractivity contribution in [1.82, 2.24) is 37.8 Å². The van der Waals surface area contributed by atoms with E-state index in [-0.39, 0.29) is 14.9 Å². The first-order chi connectivity index (χ1) is 66.3. The van der Waals surface area contributed by atoms with Crippen LogP contribution in [0.15, 0.2) is 534 Å². The van der Waals surface area contributed by atoms with Crippen molar-refractivity contribution in [2.45, 2.75) is 28.7 Å². The van der Waals surface area contributed by atoms with Gasteiger partial charge in [-0.3, -0.25) is 0 Å². The van der Waals surface area contributed by atoms with E-state index in [1.54, 1.807) is 0 Å². The smallest absolute Gasteiger partial charge is 0.0934 e. The molecule has 10 nitrogen and oxygen atoms in total. The Balaban J connectivity index is 0.000000160. The standard InChI is InChI=1S/C66H48N6.C46H34N4.2C6H6.2CH4/c1-45-23-27-51(28-24-45)61-39-53-41-64-54(42-63(53)69(61)55-31-35-57(36-32-55)71-65(49-19-11-5-12-20-49)43-59(67-71)47-15-7-3-8-16-47)40-62(52-29-25-46(2)26-30-52)70(64)56-33-37-58(38-34-56)72-66(50-21-13-6-14-22-50)44-60(68-72)48-17-9-4-10-18-48;1-5-13-39(14-6-1)49(40-15-7-2-8-16-40)43-25-21-37(22-26-43)47-31-29-35-34-46-36(33-45(35)47)30-32-48(46)38-23-27-44(28-24-38)50(41-17-9-3-10-18-41)42-19-11-4-12-20-42;2*1-2-4-6-5-3-1;;/h3-44H,1-2H3;1-34H;2*1-6H;2*1H4. The monoisotopic (exact) mass is 1750 g/mol. The zero-order valence-corrected chi connectivity index (χ0v) is 74.3. The normalized spacial score (nSPS) is 10.9. The van der Waals surface area contributed by atoms with Crippen molar-refractivity contribution >= 4 is 77.7 Å². The second-order valence-electron chi connectivity index (χ2n) is 33.3. The number of fused-ring (bicyclic) bond motifs is 4. The van der Waals surface area contributed by atoms with Crippen LogP contribution in [0.1, 0.15) is 26.0 Å². The van der Waals surface area contributed by atoms with Gasteiger partial charge in [0.2, 0.25) is 0 Å². The largest absolute Gasteiger partial charge is 0.317 e. The van der Waals surface area contributed by atoms with E-state index >= 15 is 0 Å². The molecule has 0 N–H and O–H groups in total. The van der Waals surface area contributed by atoms with Gasteiger partial charge in [0.15, 0.2) is 0 Å². The Morgan fingerprint density at radius 2 is 0.419 bits per heavy atom. The first kappa shape index (κ1) is 87.5. The minimum Gasteiger partial charge on any atom is -0.317 e. The van der Waals surface area contributed by atoms with Gasteiger partial charge in [-0.1, -0.05) is 341 Å². The van der Waals surface area contributed by atoms with E-state index in [2.05, 4.69) is 500 Å². The fourth-order valence-electron chi connectivity index (χ4n) is 17.8. The fraction of sp³-hybridized carbons (Fsp3) is 0.0317. The molecule has 6 aromatic heterocycles. The van der Waals surface area contributed by atoms with Crippen LogP contribution in [0, 0.1) is 13.8 Å². The number of hydrogen-bond acceptors (Lipinski definition) is 4. The Hall–Kier alpha value is -17.9. The average molecular weight is 1760 g/mol. The van der Waals surface area contributed by atoms with E-state index in [0.29, 0.717) is 0 Å². The van der Waals surface area contributed by atoms with E-state index in [0.717, 1.165) is 158 Å². The molecule has 6 heterocycles. The molecule has 0 unspecified atom stereocenters. The number of nitrogens with zero attached hydrogens (tertiary/aromatic N) is 10. The Bertz CT molecular complexity index is 7390. The number of benzene rings is 18. The lowest BCUT2D eigenvalue weighted by molar-refractivity contribution is 0.891. The van der Waals surface area contributed by atoms with Crippen LogP contribution in [0.25, 0.3) is 145 Å². The first-order valence-electron chi connectivity index (χ1n) is 45.4. The third-order valence-electron chi connectivity index (χ3n) is 24.5. The Labute approximate surface area is 795 Å². The maximum atomic E-state index is 5.19. The van der Waals surface area contributed by atoms with E-state index in [9.17, 15) is 0 Å². The molecular formula is C126H102N10. The molecule has 0 aliphatic heterocycles. The fourth-order valence-corrected chi connectivity index (χ4v) is 17.8. The van der Waals surface area contributed by atoms with Crippen LogP contribution in [0.5, 0.6) is 0 Å². The summed E-state index contributed by atoms with van der Waals surface area (Å²) < 4.78 is 13.5. The summed E-state index contributed by atoms with van der Waals surface area (Å²) in [4.78, 5) is 4.58. The van der Waals surface area contributed by atoms with E-state index < -0.39 is 0 Å². The Kier molecular flexibility index (Phi) is 25.9. The highest BCUT2D eigenvalue weighted by molar-refractivity contribution is 6.03. The van der Waals surface area contributed by atoms with Crippen molar-refractivity contribution in [2.24, 2.45) is 0 Å². The van der Waals surface area contributed by atoms with Gasteiger partial charge in [0.05, 0.1) is 67.6 Å². The lowest BCUT2D eigenvalue weighted by Gasteiger charge is -2.25. The van der Waals surface area contributed by atoms with Gasteiger partial charge < -0.3 is 28.1 Å². The summed E-state index contributed by atoms with van der Waals surface area (Å²) in [5, 5.41) is 15.1. The van der Waals surface area contributed by atoms with Crippen LogP contribution < -0.4 is 9.80 Å². The third kappa shape index (κ3) is 18.5. The molecule has 0 amide bonds. The summed E-state index contributed by atoms with van der Waals surface area (Å²) >= 11 is 0. The number of rotatable bonds is 18. The quantitative estimate of drug-likeness (QED) is 0.0859. The van der Waals surface area contributed by atoms with Crippen LogP contribution in [0.4, 0.5) is 34.1 Å². The Morgan fingerprint density at radius 1 is 0.184 bits per heavy atom. The molecule has 0 radical (unpaired) electrons. The average Bonchev–Trinajstić information content (AvgIpc) is 1.57. The van der Waals surface area contributed by atoms with Gasteiger partial charge in [0.25, 0.3) is 0 Å². The zero-order chi connectivity index (χ0) is 89.9. The summed E-state index contributed by atoms with van der Waals surface area (Å²) in [6.45, 7) is 4.28. The molecule has 0 saturated carbocycles. The Morgan fingerprint density at radius 3 is 0.713 bits per heavy atom. The van der Waals surface area contributed by atoms with Gasteiger partial charge >= 0.3 is 0 Å². The molecule has 656 valence electrons. The van der Waals surface area contributed by atoms with Crippen molar-refractivity contribution in [3.63, 3.8) is 0 Å². The van der Waals surface area contributed by atoms with E-state index in [4.69, 9.17) is 10.2 Å². The summed E-state index contributed by atoms with van der Waals surface area (Å²) in [5.41, 5.74) is 33.1. The molecule has 10 heteroatoms. The van der Waals surface area contributed by atoms with Gasteiger partial charge in [-0.15, -0.1) is 0 Å². The minimum absolute atomic E-state index is 0. The SMILES string of the molecule is C.C.Cc1ccc(-c2cc3cc4c(cc(-c5ccc(C)cc5)n4-c4ccc(-n5nc(-c6ccccc6)cc5-c5ccccc5)cc4)cc3n2-c2ccc(-n3nc(-c4ccccc4)cc3-c3ccccc3)cc2)cc1.c1ccc(N(c2ccccc2)c2ccc(-n3ccc4cc5c(ccn5-c5ccc(N(c6ccccc6)c6ccccc6)cc5)cc43)cc2)cc1.c1ccccc1.c1ccccc1. The number of aromatic nitrogens is 8. The topological polar surface area (TPSA) is 61.8 Å². The predicted molar refractivity (Wildman–Crippen MR) is 572 cm³/mol. The first-order valence-corrected chi connectivity index (χ1v) is 45.4. The molecule has 0 aliphatic carbocycles. The summed E-state index contributed by atoms with van der Waals surface area (Å²) in [5.74, 6) is 0. The van der Waals surface area contributed by atoms with Crippen molar-refractivity contribution in [2.75, 3.05) is 9.80 Å². The highest BCUT2D eigenvalue weighted by Gasteiger charge is 2.24. The van der Waals surface area contributed by atoms with Gasteiger partial charge in [0, 0.05) is 113 Å². The van der Waals surface area contributed by atoms with Crippen LogP contribution in [-0.4, -0.2) is 37.8 Å². The summed E-state index contributed by atoms with van der Waals surface area (Å²) in [6, 6.07) is 184. The predicted octanol–water partition coefficient (Wildman–Crippen LogP) is 33.7. The lowest BCUT2D eigenvalue weighted by atomic mass is 10.1. The molecule has 0 spiro atoms. The van der Waals surface area contributed by atoms with Crippen molar-refractivity contribution in [3.05, 3.63) is 545 Å². The molecule has 24 rings (SSSR count).